The summed E-state index contributed by atoms with van der Waals surface area (Å²) in [6.45, 7) is 2.57. The third-order valence-corrected chi connectivity index (χ3v) is 10.0. The van der Waals surface area contributed by atoms with E-state index in [9.17, 15) is 5.26 Å². The van der Waals surface area contributed by atoms with Crippen LogP contribution in [-0.2, 0) is 18.0 Å². The quantitative estimate of drug-likeness (QED) is 0.240. The van der Waals surface area contributed by atoms with Crippen molar-refractivity contribution in [1.82, 2.24) is 14.9 Å². The van der Waals surface area contributed by atoms with Gasteiger partial charge >= 0.3 is 6.01 Å². The van der Waals surface area contributed by atoms with Gasteiger partial charge in [-0.1, -0.05) is 0 Å². The minimum absolute atomic E-state index is 0.00216. The Balaban J connectivity index is 1.37. The summed E-state index contributed by atoms with van der Waals surface area (Å²) < 4.78 is 44.8. The van der Waals surface area contributed by atoms with Gasteiger partial charge in [-0.25, -0.2) is 8.78 Å². The van der Waals surface area contributed by atoms with E-state index in [0.717, 1.165) is 42.8 Å². The van der Waals surface area contributed by atoms with Crippen molar-refractivity contribution in [2.45, 2.75) is 38.1 Å². The summed E-state index contributed by atoms with van der Waals surface area (Å²) in [7, 11) is 1.43. The van der Waals surface area contributed by atoms with E-state index >= 15 is 8.78 Å². The molecule has 0 amide bonds. The lowest BCUT2D eigenvalue weighted by Gasteiger charge is -2.42. The van der Waals surface area contributed by atoms with Crippen molar-refractivity contribution < 1.29 is 23.4 Å². The van der Waals surface area contributed by atoms with Crippen molar-refractivity contribution in [3.05, 3.63) is 52.2 Å². The molecule has 3 aliphatic rings. The van der Waals surface area contributed by atoms with Crippen LogP contribution in [0.2, 0.25) is 0 Å². The fraction of sp³-hybridized carbons (Fsp3) is 0.375. The van der Waals surface area contributed by atoms with E-state index in [1.54, 1.807) is 12.3 Å². The first-order chi connectivity index (χ1) is 22.4. The SMILES string of the molecule is COc1nc(N2C3CCC2CN(C/C(C=NCCO)=C/N)C3)c2c3c(c(-c4c(F)ccc5sc(N)c(C#N)c45)c(F)c2n1)COC3. The fourth-order valence-corrected chi connectivity index (χ4v) is 8.10. The molecule has 2 saturated heterocycles. The summed E-state index contributed by atoms with van der Waals surface area (Å²) >= 11 is 1.16. The minimum Gasteiger partial charge on any atom is -0.467 e. The number of halogens is 2. The Hall–Kier alpha value is -4.42. The number of piperazine rings is 1. The zero-order chi connectivity index (χ0) is 32.1. The van der Waals surface area contributed by atoms with Crippen LogP contribution < -0.4 is 21.1 Å². The molecule has 14 heteroatoms. The molecular weight excluding hydrogens is 614 g/mol. The zero-order valence-corrected chi connectivity index (χ0v) is 25.9. The second-order valence-electron chi connectivity index (χ2n) is 11.6. The number of ether oxygens (including phenoxy) is 2. The number of benzene rings is 2. The van der Waals surface area contributed by atoms with Crippen LogP contribution in [0.1, 0.15) is 29.5 Å². The first kappa shape index (κ1) is 30.2. The van der Waals surface area contributed by atoms with Crippen LogP contribution in [0.25, 0.3) is 32.1 Å². The molecule has 2 unspecified atom stereocenters. The van der Waals surface area contributed by atoms with E-state index < -0.39 is 11.6 Å². The molecule has 2 atom stereocenters. The predicted molar refractivity (Wildman–Crippen MR) is 173 cm³/mol. The lowest BCUT2D eigenvalue weighted by molar-refractivity contribution is 0.135. The van der Waals surface area contributed by atoms with Crippen LogP contribution in [-0.4, -0.2) is 78.2 Å². The van der Waals surface area contributed by atoms with Gasteiger partial charge in [-0.3, -0.25) is 9.89 Å². The van der Waals surface area contributed by atoms with E-state index in [-0.39, 0.29) is 70.5 Å². The number of thiophene rings is 1. The van der Waals surface area contributed by atoms with E-state index in [1.807, 2.05) is 0 Å². The maximum Gasteiger partial charge on any atom is 0.318 e. The molecule has 2 fully saturated rings. The second kappa shape index (κ2) is 12.1. The number of hydrogen-bond acceptors (Lipinski definition) is 12. The highest BCUT2D eigenvalue weighted by atomic mass is 32.1. The highest BCUT2D eigenvalue weighted by Gasteiger charge is 2.43. The Morgan fingerprint density at radius 3 is 2.65 bits per heavy atom. The maximum absolute atomic E-state index is 17.1. The maximum atomic E-state index is 17.1. The molecular formula is C32H32F2N8O3S. The van der Waals surface area contributed by atoms with Crippen molar-refractivity contribution in [2.75, 3.05) is 50.5 Å². The summed E-state index contributed by atoms with van der Waals surface area (Å²) in [5, 5.41) is 20.0. The highest BCUT2D eigenvalue weighted by molar-refractivity contribution is 7.23. The van der Waals surface area contributed by atoms with Gasteiger partial charge in [0.1, 0.15) is 28.2 Å². The van der Waals surface area contributed by atoms with Gasteiger partial charge in [0, 0.05) is 59.1 Å². The number of rotatable bonds is 8. The van der Waals surface area contributed by atoms with Crippen LogP contribution in [0.3, 0.4) is 0 Å². The highest BCUT2D eigenvalue weighted by Crippen LogP contribution is 2.49. The lowest BCUT2D eigenvalue weighted by atomic mass is 9.90. The average molecular weight is 647 g/mol. The summed E-state index contributed by atoms with van der Waals surface area (Å²) in [6, 6.07) is 5.06. The molecule has 2 aromatic carbocycles. The lowest BCUT2D eigenvalue weighted by Crippen LogP contribution is -2.54. The first-order valence-corrected chi connectivity index (χ1v) is 15.8. The number of nitrogens with zero attached hydrogens (tertiary/aromatic N) is 6. The molecule has 7 rings (SSSR count). The third-order valence-electron chi connectivity index (χ3n) is 9.04. The van der Waals surface area contributed by atoms with E-state index in [1.165, 1.54) is 19.4 Å². The molecule has 5 heterocycles. The molecule has 46 heavy (non-hydrogen) atoms. The number of likely N-dealkylation sites (tertiary alicyclic amines) is 1. The minimum atomic E-state index is -0.730. The van der Waals surface area contributed by atoms with Crippen LogP contribution in [0.5, 0.6) is 6.01 Å². The number of nitrogens with two attached hydrogens (primary N) is 2. The molecule has 0 aliphatic carbocycles. The fourth-order valence-electron chi connectivity index (χ4n) is 7.17. The summed E-state index contributed by atoms with van der Waals surface area (Å²) in [4.78, 5) is 18.1. The Morgan fingerprint density at radius 2 is 1.96 bits per heavy atom. The molecule has 0 radical (unpaired) electrons. The number of fused-ring (bicyclic) bond motifs is 6. The topological polar surface area (TPSA) is 159 Å². The Labute approximate surface area is 267 Å². The third kappa shape index (κ3) is 4.82. The number of nitriles is 1. The molecule has 0 saturated carbocycles. The number of methoxy groups -OCH3 is 1. The van der Waals surface area contributed by atoms with Gasteiger partial charge in [-0.05, 0) is 47.9 Å². The molecule has 238 valence electrons. The Bertz CT molecular complexity index is 1960. The van der Waals surface area contributed by atoms with Gasteiger partial charge in [0.05, 0.1) is 44.4 Å². The van der Waals surface area contributed by atoms with Gasteiger partial charge in [0.25, 0.3) is 0 Å². The number of hydrogen-bond donors (Lipinski definition) is 3. The average Bonchev–Trinajstić information content (AvgIpc) is 3.74. The zero-order valence-electron chi connectivity index (χ0n) is 25.1. The predicted octanol–water partition coefficient (Wildman–Crippen LogP) is 3.84. The number of anilines is 2. The molecule has 2 bridgehead atoms. The molecule has 2 aromatic heterocycles. The summed E-state index contributed by atoms with van der Waals surface area (Å²) in [5.41, 5.74) is 14.2. The number of aliphatic hydroxyl groups is 1. The first-order valence-electron chi connectivity index (χ1n) is 15.0. The molecule has 5 N–H and O–H groups in total. The Kier molecular flexibility index (Phi) is 7.93. The smallest absolute Gasteiger partial charge is 0.318 e. The van der Waals surface area contributed by atoms with Crippen molar-refractivity contribution in [3.63, 3.8) is 0 Å². The second-order valence-corrected chi connectivity index (χ2v) is 12.7. The monoisotopic (exact) mass is 646 g/mol. The summed E-state index contributed by atoms with van der Waals surface area (Å²) in [6.07, 6.45) is 5.07. The van der Waals surface area contributed by atoms with E-state index in [0.29, 0.717) is 40.1 Å². The van der Waals surface area contributed by atoms with Crippen molar-refractivity contribution in [1.29, 1.82) is 5.26 Å². The van der Waals surface area contributed by atoms with Crippen molar-refractivity contribution >= 4 is 49.4 Å². The standard InChI is InChI=1S/C32H32F2N8O3S/c1-44-32-39-29-26(31(40-32)42-17-2-3-18(42)13-41(12-17)11-16(8-35)10-38-6-7-43)21-15-45-14-20(21)25(28(29)34)27-22(33)4-5-23-24(27)19(9-36)30(37)46-23/h4-5,8,10,17-18,43H,2-3,6-7,11-15,35,37H2,1H3/b16-8+,38-10?. The van der Waals surface area contributed by atoms with E-state index in [4.69, 9.17) is 31.0 Å². The van der Waals surface area contributed by atoms with Crippen molar-refractivity contribution in [3.8, 4) is 23.2 Å². The van der Waals surface area contributed by atoms with Crippen LogP contribution in [0.4, 0.5) is 19.6 Å². The van der Waals surface area contributed by atoms with Crippen LogP contribution in [0, 0.1) is 23.0 Å². The normalized spacial score (nSPS) is 19.9. The van der Waals surface area contributed by atoms with Gasteiger partial charge in [-0.2, -0.15) is 15.2 Å². The van der Waals surface area contributed by atoms with Gasteiger partial charge < -0.3 is 30.9 Å². The Morgan fingerprint density at radius 1 is 1.20 bits per heavy atom. The number of aromatic nitrogens is 2. The van der Waals surface area contributed by atoms with Gasteiger partial charge in [-0.15, -0.1) is 11.3 Å². The molecule has 3 aliphatic heterocycles. The molecule has 4 aromatic rings. The van der Waals surface area contributed by atoms with Gasteiger partial charge in [0.2, 0.25) is 0 Å². The summed E-state index contributed by atoms with van der Waals surface area (Å²) in [5.74, 6) is -0.833. The van der Waals surface area contributed by atoms with Crippen molar-refractivity contribution in [2.24, 2.45) is 10.7 Å². The largest absolute Gasteiger partial charge is 0.467 e. The number of aliphatic hydroxyl groups excluding tert-OH is 1. The van der Waals surface area contributed by atoms with Gasteiger partial charge in [0.15, 0.2) is 5.82 Å². The van der Waals surface area contributed by atoms with Crippen LogP contribution >= 0.6 is 11.3 Å². The molecule has 0 spiro atoms. The molecule has 11 nitrogen and oxygen atoms in total. The van der Waals surface area contributed by atoms with E-state index in [2.05, 4.69) is 25.8 Å². The number of nitrogen functional groups attached to an aromatic ring is 1. The van der Waals surface area contributed by atoms with Crippen LogP contribution in [0.15, 0.2) is 28.9 Å². The number of aliphatic imine (C=N–C) groups is 1.